The number of thioether (sulfide) groups is 1. The molecule has 1 amide bonds. The fourth-order valence-corrected chi connectivity index (χ4v) is 4.97. The van der Waals surface area contributed by atoms with Crippen molar-refractivity contribution in [2.45, 2.75) is 57.5 Å². The van der Waals surface area contributed by atoms with E-state index in [0.29, 0.717) is 21.9 Å². The van der Waals surface area contributed by atoms with Crippen molar-refractivity contribution in [1.82, 2.24) is 9.55 Å². The summed E-state index contributed by atoms with van der Waals surface area (Å²) in [6.07, 6.45) is 1.70. The van der Waals surface area contributed by atoms with Crippen LogP contribution in [0, 0.1) is 25.5 Å². The summed E-state index contributed by atoms with van der Waals surface area (Å²) in [6, 6.07) is 3.39. The number of carbonyl (C=O) groups excluding carboxylic acids is 1. The number of nitrogens with zero attached hydrogens (tertiary/aromatic N) is 2. The maximum Gasteiger partial charge on any atom is 0.263 e. The molecule has 0 spiro atoms. The van der Waals surface area contributed by atoms with E-state index in [1.54, 1.807) is 11.5 Å². The number of aromatic nitrogens is 2. The lowest BCUT2D eigenvalue weighted by Crippen LogP contribution is -2.27. The number of aryl methyl sites for hydroxylation is 2. The summed E-state index contributed by atoms with van der Waals surface area (Å²) in [7, 11) is 0. The zero-order valence-electron chi connectivity index (χ0n) is 17.2. The van der Waals surface area contributed by atoms with Gasteiger partial charge in [0.05, 0.1) is 10.6 Å². The van der Waals surface area contributed by atoms with Crippen LogP contribution in [0.1, 0.15) is 37.1 Å². The second-order valence-corrected chi connectivity index (χ2v) is 9.53. The number of benzene rings is 1. The monoisotopic (exact) mass is 451 g/mol. The molecule has 30 heavy (non-hydrogen) atoms. The molecule has 2 heterocycles. The van der Waals surface area contributed by atoms with Crippen LogP contribution >= 0.6 is 23.1 Å². The van der Waals surface area contributed by atoms with Crippen LogP contribution in [0.3, 0.4) is 0 Å². The Morgan fingerprint density at radius 2 is 1.97 bits per heavy atom. The van der Waals surface area contributed by atoms with Crippen molar-refractivity contribution in [2.24, 2.45) is 0 Å². The number of halogens is 2. The first-order valence-corrected chi connectivity index (χ1v) is 11.4. The molecule has 0 saturated heterocycles. The summed E-state index contributed by atoms with van der Waals surface area (Å²) in [6.45, 7) is 7.99. The van der Waals surface area contributed by atoms with Crippen molar-refractivity contribution < 1.29 is 13.6 Å². The van der Waals surface area contributed by atoms with Crippen molar-refractivity contribution in [2.75, 3.05) is 5.32 Å². The minimum absolute atomic E-state index is 0.120. The standard InChI is InChI=1S/C21H23F2N3O2S2/c1-5-6-10-26-20(28)16-11(2)12(3)29-19(16)25-21(26)30-13(4)18(27)24-17-14(22)8-7-9-15(17)23/h7-9,13H,5-6,10H2,1-4H3,(H,24,27). The summed E-state index contributed by atoms with van der Waals surface area (Å²) in [5, 5.41) is 2.63. The summed E-state index contributed by atoms with van der Waals surface area (Å²) in [4.78, 5) is 32.0. The largest absolute Gasteiger partial charge is 0.320 e. The van der Waals surface area contributed by atoms with Crippen LogP contribution in [-0.4, -0.2) is 20.7 Å². The average Bonchev–Trinajstić information content (AvgIpc) is 2.98. The fourth-order valence-electron chi connectivity index (χ4n) is 2.97. The number of rotatable bonds is 7. The molecule has 0 radical (unpaired) electrons. The Morgan fingerprint density at radius 1 is 1.30 bits per heavy atom. The van der Waals surface area contributed by atoms with Gasteiger partial charge in [-0.3, -0.25) is 14.2 Å². The van der Waals surface area contributed by atoms with Crippen molar-refractivity contribution in [3.05, 3.63) is 50.6 Å². The Balaban J connectivity index is 1.93. The van der Waals surface area contributed by atoms with Crippen LogP contribution in [0.15, 0.2) is 28.2 Å². The van der Waals surface area contributed by atoms with E-state index in [1.165, 1.54) is 17.4 Å². The predicted molar refractivity (Wildman–Crippen MR) is 119 cm³/mol. The molecule has 3 aromatic rings. The number of anilines is 1. The Hall–Kier alpha value is -2.26. The lowest BCUT2D eigenvalue weighted by Gasteiger charge is -2.16. The second-order valence-electron chi connectivity index (χ2n) is 7.01. The molecule has 5 nitrogen and oxygen atoms in total. The highest BCUT2D eigenvalue weighted by atomic mass is 32.2. The van der Waals surface area contributed by atoms with E-state index in [-0.39, 0.29) is 5.56 Å². The SMILES string of the molecule is CCCCn1c(SC(C)C(=O)Nc2c(F)cccc2F)nc2sc(C)c(C)c2c1=O. The highest BCUT2D eigenvalue weighted by Crippen LogP contribution is 2.30. The van der Waals surface area contributed by atoms with Crippen LogP contribution in [0.5, 0.6) is 0 Å². The van der Waals surface area contributed by atoms with Gasteiger partial charge in [0, 0.05) is 11.4 Å². The number of thiophene rings is 1. The van der Waals surface area contributed by atoms with Gasteiger partial charge in [0.15, 0.2) is 5.16 Å². The van der Waals surface area contributed by atoms with Crippen LogP contribution in [0.4, 0.5) is 14.5 Å². The Bertz CT molecular complexity index is 1140. The number of nitrogens with one attached hydrogen (secondary N) is 1. The summed E-state index contributed by atoms with van der Waals surface area (Å²) < 4.78 is 29.3. The van der Waals surface area contributed by atoms with Gasteiger partial charge in [-0.2, -0.15) is 0 Å². The van der Waals surface area contributed by atoms with Gasteiger partial charge < -0.3 is 5.32 Å². The number of hydrogen-bond acceptors (Lipinski definition) is 5. The first-order chi connectivity index (χ1) is 14.2. The van der Waals surface area contributed by atoms with Gasteiger partial charge in [-0.25, -0.2) is 13.8 Å². The molecule has 1 aromatic carbocycles. The van der Waals surface area contributed by atoms with E-state index in [4.69, 9.17) is 0 Å². The summed E-state index contributed by atoms with van der Waals surface area (Å²) in [5.74, 6) is -2.26. The first kappa shape index (κ1) is 22.4. The number of hydrogen-bond donors (Lipinski definition) is 1. The van der Waals surface area contributed by atoms with Gasteiger partial charge in [-0.15, -0.1) is 11.3 Å². The maximum absolute atomic E-state index is 13.9. The molecular weight excluding hydrogens is 428 g/mol. The highest BCUT2D eigenvalue weighted by molar-refractivity contribution is 8.00. The normalized spacial score (nSPS) is 12.3. The lowest BCUT2D eigenvalue weighted by molar-refractivity contribution is -0.115. The number of unbranched alkanes of at least 4 members (excludes halogenated alkanes) is 1. The van der Waals surface area contributed by atoms with E-state index >= 15 is 0 Å². The van der Waals surface area contributed by atoms with Gasteiger partial charge in [0.25, 0.3) is 5.56 Å². The lowest BCUT2D eigenvalue weighted by atomic mass is 10.2. The molecule has 1 N–H and O–H groups in total. The third kappa shape index (κ3) is 4.41. The van der Waals surface area contributed by atoms with E-state index in [2.05, 4.69) is 10.3 Å². The van der Waals surface area contributed by atoms with Crippen molar-refractivity contribution >= 4 is 44.9 Å². The smallest absolute Gasteiger partial charge is 0.263 e. The van der Waals surface area contributed by atoms with Crippen LogP contribution < -0.4 is 10.9 Å². The van der Waals surface area contributed by atoms with E-state index in [1.807, 2.05) is 20.8 Å². The second kappa shape index (κ2) is 9.26. The van der Waals surface area contributed by atoms with Gasteiger partial charge in [0.1, 0.15) is 22.2 Å². The Morgan fingerprint density at radius 3 is 2.60 bits per heavy atom. The van der Waals surface area contributed by atoms with E-state index < -0.39 is 28.5 Å². The quantitative estimate of drug-likeness (QED) is 0.393. The molecule has 0 fully saturated rings. The van der Waals surface area contributed by atoms with Crippen LogP contribution in [0.25, 0.3) is 10.2 Å². The van der Waals surface area contributed by atoms with Gasteiger partial charge in [-0.05, 0) is 44.9 Å². The summed E-state index contributed by atoms with van der Waals surface area (Å²) in [5.41, 5.74) is 0.326. The van der Waals surface area contributed by atoms with Crippen LogP contribution in [-0.2, 0) is 11.3 Å². The molecule has 2 aromatic heterocycles. The third-order valence-corrected chi connectivity index (χ3v) is 7.04. The minimum atomic E-state index is -0.843. The van der Waals surface area contributed by atoms with Crippen molar-refractivity contribution in [3.63, 3.8) is 0 Å². The number of para-hydroxylation sites is 1. The highest BCUT2D eigenvalue weighted by Gasteiger charge is 2.23. The van der Waals surface area contributed by atoms with Crippen LogP contribution in [0.2, 0.25) is 0 Å². The third-order valence-electron chi connectivity index (χ3n) is 4.85. The molecule has 160 valence electrons. The molecule has 9 heteroatoms. The minimum Gasteiger partial charge on any atom is -0.320 e. The molecule has 0 bridgehead atoms. The molecule has 0 aliphatic rings. The molecule has 1 atom stereocenters. The van der Waals surface area contributed by atoms with Crippen molar-refractivity contribution in [3.8, 4) is 0 Å². The zero-order chi connectivity index (χ0) is 22.0. The fraction of sp³-hybridized carbons (Fsp3) is 0.381. The average molecular weight is 452 g/mol. The van der Waals surface area contributed by atoms with Crippen molar-refractivity contribution in [1.29, 1.82) is 0 Å². The van der Waals surface area contributed by atoms with Gasteiger partial charge in [0.2, 0.25) is 5.91 Å². The maximum atomic E-state index is 13.9. The number of amides is 1. The number of fused-ring (bicyclic) bond motifs is 1. The summed E-state index contributed by atoms with van der Waals surface area (Å²) >= 11 is 2.55. The first-order valence-electron chi connectivity index (χ1n) is 9.66. The predicted octanol–water partition coefficient (Wildman–Crippen LogP) is 5.27. The van der Waals surface area contributed by atoms with Gasteiger partial charge >= 0.3 is 0 Å². The Kier molecular flexibility index (Phi) is 6.92. The molecule has 0 aliphatic carbocycles. The molecular formula is C21H23F2N3O2S2. The molecule has 0 saturated carbocycles. The molecule has 1 unspecified atom stereocenters. The molecule has 3 rings (SSSR count). The number of carbonyl (C=O) groups is 1. The topological polar surface area (TPSA) is 64.0 Å². The Labute approximate surface area is 181 Å². The zero-order valence-corrected chi connectivity index (χ0v) is 18.8. The van der Waals surface area contributed by atoms with E-state index in [0.717, 1.165) is 47.2 Å². The van der Waals surface area contributed by atoms with Gasteiger partial charge in [-0.1, -0.05) is 31.2 Å². The molecule has 0 aliphatic heterocycles. The van der Waals surface area contributed by atoms with E-state index in [9.17, 15) is 18.4 Å².